The molecule has 0 nitrogen and oxygen atoms in total. The molecule has 0 spiro atoms. The minimum atomic E-state index is 0.509. The summed E-state index contributed by atoms with van der Waals surface area (Å²) in [6.07, 6.45) is 3.97. The van der Waals surface area contributed by atoms with Crippen LogP contribution in [0.5, 0.6) is 0 Å². The lowest BCUT2D eigenvalue weighted by Crippen LogP contribution is -2.26. The van der Waals surface area contributed by atoms with Gasteiger partial charge in [-0.25, -0.2) is 0 Å². The topological polar surface area (TPSA) is 0 Å². The fraction of sp³-hybridized carbons (Fsp3) is 0.800. The molecule has 0 aromatic carbocycles. The highest BCUT2D eigenvalue weighted by Gasteiger charge is 2.30. The monoisotopic (exact) mass is 138 g/mol. The summed E-state index contributed by atoms with van der Waals surface area (Å²) in [6.45, 7) is 11.1. The van der Waals surface area contributed by atoms with Gasteiger partial charge in [-0.3, -0.25) is 0 Å². The van der Waals surface area contributed by atoms with Crippen molar-refractivity contribution in [1.29, 1.82) is 0 Å². The zero-order chi connectivity index (χ0) is 7.78. The third kappa shape index (κ3) is 1.25. The van der Waals surface area contributed by atoms with Crippen LogP contribution >= 0.6 is 0 Å². The van der Waals surface area contributed by atoms with Crippen molar-refractivity contribution in [2.24, 2.45) is 11.3 Å². The van der Waals surface area contributed by atoms with Crippen LogP contribution in [0.3, 0.4) is 0 Å². The standard InChI is InChI=1S/C10H18/c1-8-6-5-7-10(3,4)9(8)2/h9H,1,5-7H2,2-4H3/t9-/m1/s1. The summed E-state index contributed by atoms with van der Waals surface area (Å²) in [5.41, 5.74) is 1.96. The van der Waals surface area contributed by atoms with Crippen LogP contribution in [-0.4, -0.2) is 0 Å². The number of rotatable bonds is 0. The first kappa shape index (κ1) is 7.84. The van der Waals surface area contributed by atoms with Crippen molar-refractivity contribution in [3.63, 3.8) is 0 Å². The largest absolute Gasteiger partial charge is 0.0996 e. The highest BCUT2D eigenvalue weighted by molar-refractivity contribution is 5.07. The van der Waals surface area contributed by atoms with Crippen LogP contribution in [-0.2, 0) is 0 Å². The lowest BCUT2D eigenvalue weighted by molar-refractivity contribution is 0.206. The van der Waals surface area contributed by atoms with Crippen LogP contribution in [0.25, 0.3) is 0 Å². The smallest absolute Gasteiger partial charge is 0.0183 e. The molecule has 0 aromatic heterocycles. The molecule has 0 unspecified atom stereocenters. The summed E-state index contributed by atoms with van der Waals surface area (Å²) in [6, 6.07) is 0. The van der Waals surface area contributed by atoms with E-state index in [9.17, 15) is 0 Å². The number of allylic oxidation sites excluding steroid dienone is 1. The van der Waals surface area contributed by atoms with Gasteiger partial charge in [-0.15, -0.1) is 0 Å². The molecule has 1 fully saturated rings. The van der Waals surface area contributed by atoms with Gasteiger partial charge in [0.05, 0.1) is 0 Å². The predicted octanol–water partition coefficient (Wildman–Crippen LogP) is 3.39. The van der Waals surface area contributed by atoms with Gasteiger partial charge in [0, 0.05) is 0 Å². The Morgan fingerprint density at radius 1 is 1.50 bits per heavy atom. The minimum Gasteiger partial charge on any atom is -0.0996 e. The van der Waals surface area contributed by atoms with Gasteiger partial charge in [-0.2, -0.15) is 0 Å². The zero-order valence-corrected chi connectivity index (χ0v) is 7.41. The van der Waals surface area contributed by atoms with E-state index in [1.54, 1.807) is 0 Å². The van der Waals surface area contributed by atoms with Crippen molar-refractivity contribution in [3.8, 4) is 0 Å². The highest BCUT2D eigenvalue weighted by atomic mass is 14.4. The van der Waals surface area contributed by atoms with Crippen molar-refractivity contribution >= 4 is 0 Å². The van der Waals surface area contributed by atoms with Gasteiger partial charge >= 0.3 is 0 Å². The summed E-state index contributed by atoms with van der Waals surface area (Å²) in [5.74, 6) is 0.723. The minimum absolute atomic E-state index is 0.509. The third-order valence-electron chi connectivity index (χ3n) is 3.10. The second-order valence-electron chi connectivity index (χ2n) is 4.22. The van der Waals surface area contributed by atoms with Crippen LogP contribution in [0.15, 0.2) is 12.2 Å². The number of hydrogen-bond donors (Lipinski definition) is 0. The van der Waals surface area contributed by atoms with E-state index in [-0.39, 0.29) is 0 Å². The molecular formula is C10H18. The van der Waals surface area contributed by atoms with E-state index < -0.39 is 0 Å². The second-order valence-corrected chi connectivity index (χ2v) is 4.22. The molecule has 0 aromatic rings. The molecule has 0 heterocycles. The Bertz CT molecular complexity index is 142. The van der Waals surface area contributed by atoms with E-state index in [1.165, 1.54) is 24.8 Å². The van der Waals surface area contributed by atoms with Crippen molar-refractivity contribution in [2.75, 3.05) is 0 Å². The molecule has 1 aliphatic carbocycles. The Morgan fingerprint density at radius 3 is 2.50 bits per heavy atom. The Labute approximate surface area is 64.3 Å². The first-order chi connectivity index (χ1) is 4.54. The van der Waals surface area contributed by atoms with Crippen LogP contribution in [0.4, 0.5) is 0 Å². The van der Waals surface area contributed by atoms with E-state index in [0.717, 1.165) is 5.92 Å². The summed E-state index contributed by atoms with van der Waals surface area (Å²) in [4.78, 5) is 0. The average Bonchev–Trinajstić information content (AvgIpc) is 1.83. The summed E-state index contributed by atoms with van der Waals surface area (Å²) in [7, 11) is 0. The molecular weight excluding hydrogens is 120 g/mol. The number of hydrogen-bond acceptors (Lipinski definition) is 0. The maximum atomic E-state index is 4.09. The maximum absolute atomic E-state index is 4.09. The molecule has 1 saturated carbocycles. The van der Waals surface area contributed by atoms with E-state index in [2.05, 4.69) is 27.4 Å². The lowest BCUT2D eigenvalue weighted by Gasteiger charge is -2.37. The van der Waals surface area contributed by atoms with Crippen molar-refractivity contribution < 1.29 is 0 Å². The quantitative estimate of drug-likeness (QED) is 0.450. The van der Waals surface area contributed by atoms with Crippen LogP contribution < -0.4 is 0 Å². The molecule has 1 aliphatic rings. The van der Waals surface area contributed by atoms with E-state index in [4.69, 9.17) is 0 Å². The van der Waals surface area contributed by atoms with Crippen molar-refractivity contribution in [3.05, 3.63) is 12.2 Å². The summed E-state index contributed by atoms with van der Waals surface area (Å²) in [5, 5.41) is 0. The Hall–Kier alpha value is -0.260. The normalized spacial score (nSPS) is 32.3. The first-order valence-electron chi connectivity index (χ1n) is 4.22. The van der Waals surface area contributed by atoms with Gasteiger partial charge in [0.1, 0.15) is 0 Å². The van der Waals surface area contributed by atoms with Gasteiger partial charge in [-0.05, 0) is 30.6 Å². The molecule has 0 bridgehead atoms. The molecule has 0 amide bonds. The lowest BCUT2D eigenvalue weighted by atomic mass is 9.68. The van der Waals surface area contributed by atoms with Crippen molar-refractivity contribution in [1.82, 2.24) is 0 Å². The molecule has 0 aliphatic heterocycles. The summed E-state index contributed by atoms with van der Waals surface area (Å²) >= 11 is 0. The van der Waals surface area contributed by atoms with E-state index in [1.807, 2.05) is 0 Å². The molecule has 0 saturated heterocycles. The first-order valence-corrected chi connectivity index (χ1v) is 4.22. The average molecular weight is 138 g/mol. The fourth-order valence-corrected chi connectivity index (χ4v) is 1.76. The summed E-state index contributed by atoms with van der Waals surface area (Å²) < 4.78 is 0. The van der Waals surface area contributed by atoms with Crippen LogP contribution in [0.2, 0.25) is 0 Å². The Balaban J connectivity index is 2.69. The molecule has 0 radical (unpaired) electrons. The van der Waals surface area contributed by atoms with E-state index in [0.29, 0.717) is 5.41 Å². The SMILES string of the molecule is C=C1CCCC(C)(C)[C@@H]1C. The fourth-order valence-electron chi connectivity index (χ4n) is 1.76. The molecule has 0 heteroatoms. The second kappa shape index (κ2) is 2.41. The molecule has 1 atom stereocenters. The zero-order valence-electron chi connectivity index (χ0n) is 7.41. The molecule has 58 valence electrons. The van der Waals surface area contributed by atoms with Gasteiger partial charge in [0.2, 0.25) is 0 Å². The Morgan fingerprint density at radius 2 is 2.10 bits per heavy atom. The predicted molar refractivity (Wildman–Crippen MR) is 45.9 cm³/mol. The molecule has 10 heavy (non-hydrogen) atoms. The maximum Gasteiger partial charge on any atom is -0.0183 e. The molecule has 1 rings (SSSR count). The van der Waals surface area contributed by atoms with Crippen LogP contribution in [0.1, 0.15) is 40.0 Å². The van der Waals surface area contributed by atoms with Gasteiger partial charge in [0.15, 0.2) is 0 Å². The third-order valence-corrected chi connectivity index (χ3v) is 3.10. The molecule has 0 N–H and O–H groups in total. The highest BCUT2D eigenvalue weighted by Crippen LogP contribution is 2.42. The van der Waals surface area contributed by atoms with Crippen molar-refractivity contribution in [2.45, 2.75) is 40.0 Å². The van der Waals surface area contributed by atoms with E-state index >= 15 is 0 Å². The van der Waals surface area contributed by atoms with Gasteiger partial charge in [-0.1, -0.05) is 32.9 Å². The van der Waals surface area contributed by atoms with Crippen LogP contribution in [0, 0.1) is 11.3 Å². The Kier molecular flexibility index (Phi) is 1.89. The van der Waals surface area contributed by atoms with Gasteiger partial charge < -0.3 is 0 Å². The van der Waals surface area contributed by atoms with Gasteiger partial charge in [0.25, 0.3) is 0 Å².